The molecule has 1 rings (SSSR count). The molecule has 0 bridgehead atoms. The summed E-state index contributed by atoms with van der Waals surface area (Å²) in [5.41, 5.74) is 2.36. The molecule has 0 radical (unpaired) electrons. The van der Waals surface area contributed by atoms with Crippen LogP contribution in [0.5, 0.6) is 0 Å². The molecule has 1 heterocycles. The molecule has 0 saturated carbocycles. The SMILES string of the molecule is CCNC(=NCC(C)CO)N(C)Cc1cn(C)nc1C(C)C.I. The topological polar surface area (TPSA) is 65.7 Å². The smallest absolute Gasteiger partial charge is 0.193 e. The molecule has 0 aliphatic carbocycles. The van der Waals surface area contributed by atoms with E-state index in [1.54, 1.807) is 0 Å². The Bertz CT molecular complexity index is 487. The van der Waals surface area contributed by atoms with Crippen LogP contribution in [0.3, 0.4) is 0 Å². The van der Waals surface area contributed by atoms with Crippen LogP contribution in [0.25, 0.3) is 0 Å². The van der Waals surface area contributed by atoms with Gasteiger partial charge in [-0.3, -0.25) is 9.67 Å². The third-order valence-corrected chi connectivity index (χ3v) is 3.45. The maximum Gasteiger partial charge on any atom is 0.193 e. The first-order valence-electron chi connectivity index (χ1n) is 8.01. The second-order valence-electron chi connectivity index (χ2n) is 6.21. The molecule has 0 amide bonds. The molecule has 0 saturated heterocycles. The van der Waals surface area contributed by atoms with Crippen LogP contribution < -0.4 is 5.32 Å². The van der Waals surface area contributed by atoms with Gasteiger partial charge in [-0.05, 0) is 18.8 Å². The second-order valence-corrected chi connectivity index (χ2v) is 6.21. The van der Waals surface area contributed by atoms with Crippen LogP contribution in [-0.2, 0) is 13.6 Å². The fourth-order valence-electron chi connectivity index (χ4n) is 2.26. The summed E-state index contributed by atoms with van der Waals surface area (Å²) in [6, 6.07) is 0. The zero-order valence-corrected chi connectivity index (χ0v) is 17.5. The van der Waals surface area contributed by atoms with Crippen molar-refractivity contribution in [1.29, 1.82) is 0 Å². The van der Waals surface area contributed by atoms with Gasteiger partial charge in [0, 0.05) is 52.1 Å². The van der Waals surface area contributed by atoms with Gasteiger partial charge in [-0.1, -0.05) is 20.8 Å². The minimum absolute atomic E-state index is 0. The molecule has 134 valence electrons. The van der Waals surface area contributed by atoms with Crippen LogP contribution in [0.15, 0.2) is 11.2 Å². The fraction of sp³-hybridized carbons (Fsp3) is 0.750. The van der Waals surface area contributed by atoms with Crippen LogP contribution in [-0.4, -0.2) is 52.5 Å². The van der Waals surface area contributed by atoms with Gasteiger partial charge in [-0.15, -0.1) is 24.0 Å². The number of aliphatic hydroxyl groups excluding tert-OH is 1. The van der Waals surface area contributed by atoms with Crippen LogP contribution >= 0.6 is 24.0 Å². The number of aliphatic imine (C=N–C) groups is 1. The van der Waals surface area contributed by atoms with E-state index >= 15 is 0 Å². The molecule has 1 aromatic rings. The van der Waals surface area contributed by atoms with E-state index < -0.39 is 0 Å². The fourth-order valence-corrected chi connectivity index (χ4v) is 2.26. The normalized spacial score (nSPS) is 13.0. The van der Waals surface area contributed by atoms with Gasteiger partial charge in [0.2, 0.25) is 0 Å². The number of nitrogens with zero attached hydrogens (tertiary/aromatic N) is 4. The Hall–Kier alpha value is -0.830. The summed E-state index contributed by atoms with van der Waals surface area (Å²) in [5.74, 6) is 1.44. The van der Waals surface area contributed by atoms with Crippen molar-refractivity contribution in [3.63, 3.8) is 0 Å². The molecular formula is C16H32IN5O. The molecule has 23 heavy (non-hydrogen) atoms. The van der Waals surface area contributed by atoms with Crippen molar-refractivity contribution in [2.24, 2.45) is 18.0 Å². The van der Waals surface area contributed by atoms with Crippen LogP contribution in [0.2, 0.25) is 0 Å². The summed E-state index contributed by atoms with van der Waals surface area (Å²) in [6.07, 6.45) is 2.08. The maximum atomic E-state index is 9.14. The first kappa shape index (κ1) is 22.2. The van der Waals surface area contributed by atoms with E-state index in [4.69, 9.17) is 5.11 Å². The first-order valence-corrected chi connectivity index (χ1v) is 8.01. The van der Waals surface area contributed by atoms with Crippen molar-refractivity contribution < 1.29 is 5.11 Å². The number of guanidine groups is 1. The lowest BCUT2D eigenvalue weighted by Gasteiger charge is -2.22. The number of nitrogens with one attached hydrogen (secondary N) is 1. The van der Waals surface area contributed by atoms with E-state index in [1.807, 2.05) is 25.7 Å². The highest BCUT2D eigenvalue weighted by Gasteiger charge is 2.15. The molecule has 1 atom stereocenters. The van der Waals surface area contributed by atoms with Crippen molar-refractivity contribution in [1.82, 2.24) is 20.0 Å². The van der Waals surface area contributed by atoms with Gasteiger partial charge in [0.05, 0.1) is 5.69 Å². The number of aryl methyl sites for hydroxylation is 1. The van der Waals surface area contributed by atoms with Gasteiger partial charge >= 0.3 is 0 Å². The van der Waals surface area contributed by atoms with Gasteiger partial charge < -0.3 is 15.3 Å². The zero-order chi connectivity index (χ0) is 16.7. The second kappa shape index (κ2) is 10.9. The molecule has 0 fully saturated rings. The number of halogens is 1. The van der Waals surface area contributed by atoms with E-state index in [0.717, 1.165) is 24.7 Å². The lowest BCUT2D eigenvalue weighted by atomic mass is 10.1. The van der Waals surface area contributed by atoms with Gasteiger partial charge in [0.15, 0.2) is 5.96 Å². The van der Waals surface area contributed by atoms with Gasteiger partial charge in [0.1, 0.15) is 0 Å². The lowest BCUT2D eigenvalue weighted by Crippen LogP contribution is -2.39. The van der Waals surface area contributed by atoms with Crippen molar-refractivity contribution in [3.05, 3.63) is 17.5 Å². The standard InChI is InChI=1S/C16H31N5O.HI/c1-7-17-16(18-8-13(4)11-22)20(5)9-14-10-21(6)19-15(14)12(2)3;/h10,12-13,22H,7-9,11H2,1-6H3,(H,17,18);1H. The lowest BCUT2D eigenvalue weighted by molar-refractivity contribution is 0.241. The molecule has 6 nitrogen and oxygen atoms in total. The van der Waals surface area contributed by atoms with Crippen molar-refractivity contribution in [2.75, 3.05) is 26.7 Å². The summed E-state index contributed by atoms with van der Waals surface area (Å²) >= 11 is 0. The zero-order valence-electron chi connectivity index (χ0n) is 15.2. The van der Waals surface area contributed by atoms with Gasteiger partial charge in [-0.2, -0.15) is 5.10 Å². The summed E-state index contributed by atoms with van der Waals surface area (Å²) in [4.78, 5) is 6.71. The molecular weight excluding hydrogens is 405 g/mol. The highest BCUT2D eigenvalue weighted by Crippen LogP contribution is 2.18. The molecule has 7 heteroatoms. The largest absolute Gasteiger partial charge is 0.396 e. The Morgan fingerprint density at radius 2 is 2.09 bits per heavy atom. The molecule has 0 spiro atoms. The number of rotatable bonds is 7. The third kappa shape index (κ3) is 7.07. The minimum atomic E-state index is 0. The molecule has 0 aliphatic heterocycles. The molecule has 2 N–H and O–H groups in total. The van der Waals surface area contributed by atoms with Crippen molar-refractivity contribution in [3.8, 4) is 0 Å². The highest BCUT2D eigenvalue weighted by molar-refractivity contribution is 14.0. The quantitative estimate of drug-likeness (QED) is 0.390. The Balaban J connectivity index is 0.00000484. The molecule has 1 aromatic heterocycles. The third-order valence-electron chi connectivity index (χ3n) is 3.45. The van der Waals surface area contributed by atoms with Gasteiger partial charge in [-0.25, -0.2) is 0 Å². The average Bonchev–Trinajstić information content (AvgIpc) is 2.83. The van der Waals surface area contributed by atoms with E-state index in [1.165, 1.54) is 5.56 Å². The van der Waals surface area contributed by atoms with Crippen molar-refractivity contribution in [2.45, 2.75) is 40.2 Å². The Labute approximate surface area is 157 Å². The summed E-state index contributed by atoms with van der Waals surface area (Å²) < 4.78 is 1.87. The monoisotopic (exact) mass is 437 g/mol. The Morgan fingerprint density at radius 3 is 2.61 bits per heavy atom. The van der Waals surface area contributed by atoms with Crippen LogP contribution in [0.4, 0.5) is 0 Å². The van der Waals surface area contributed by atoms with Gasteiger partial charge in [0.25, 0.3) is 0 Å². The van der Waals surface area contributed by atoms with Crippen molar-refractivity contribution >= 4 is 29.9 Å². The van der Waals surface area contributed by atoms with Crippen LogP contribution in [0.1, 0.15) is 44.9 Å². The van der Waals surface area contributed by atoms with E-state index in [9.17, 15) is 0 Å². The number of aliphatic hydroxyl groups is 1. The Morgan fingerprint density at radius 1 is 1.43 bits per heavy atom. The predicted molar refractivity (Wildman–Crippen MR) is 106 cm³/mol. The summed E-state index contributed by atoms with van der Waals surface area (Å²) in [5, 5.41) is 17.0. The maximum absolute atomic E-state index is 9.14. The number of hydrogen-bond acceptors (Lipinski definition) is 3. The highest BCUT2D eigenvalue weighted by atomic mass is 127. The predicted octanol–water partition coefficient (Wildman–Crippen LogP) is 2.19. The van der Waals surface area contributed by atoms with Crippen LogP contribution in [0, 0.1) is 5.92 Å². The Kier molecular flexibility index (Phi) is 10.5. The van der Waals surface area contributed by atoms with E-state index in [-0.39, 0.29) is 36.5 Å². The first-order chi connectivity index (χ1) is 10.4. The average molecular weight is 437 g/mol. The molecule has 0 aliphatic rings. The summed E-state index contributed by atoms with van der Waals surface area (Å²) in [6.45, 7) is 10.7. The molecule has 0 aromatic carbocycles. The van der Waals surface area contributed by atoms with E-state index in [0.29, 0.717) is 12.5 Å². The minimum Gasteiger partial charge on any atom is -0.396 e. The molecule has 1 unspecified atom stereocenters. The summed E-state index contributed by atoms with van der Waals surface area (Å²) in [7, 11) is 3.99. The number of hydrogen-bond donors (Lipinski definition) is 2. The van der Waals surface area contributed by atoms with E-state index in [2.05, 4.69) is 47.3 Å². The number of aromatic nitrogens is 2.